The Morgan fingerprint density at radius 3 is 2.45 bits per heavy atom. The first-order valence-corrected chi connectivity index (χ1v) is 24.8. The normalized spacial score (nSPS) is 38.1. The van der Waals surface area contributed by atoms with Gasteiger partial charge in [-0.3, -0.25) is 10.6 Å². The molecule has 0 bridgehead atoms. The number of rotatable bonds is 7. The molecule has 0 saturated carbocycles. The number of likely N-dealkylation sites (tertiary alicyclic amines) is 1. The van der Waals surface area contributed by atoms with E-state index < -0.39 is 0 Å². The van der Waals surface area contributed by atoms with Crippen molar-refractivity contribution in [3.63, 3.8) is 0 Å². The molecule has 318 valence electrons. The van der Waals surface area contributed by atoms with Crippen molar-refractivity contribution in [2.24, 2.45) is 29.6 Å². The van der Waals surface area contributed by atoms with Crippen LogP contribution in [-0.4, -0.2) is 46.2 Å². The smallest absolute Gasteiger partial charge is 0.0839 e. The summed E-state index contributed by atoms with van der Waals surface area (Å²) >= 11 is 0. The van der Waals surface area contributed by atoms with Crippen LogP contribution in [0.1, 0.15) is 96.3 Å². The molecule has 0 amide bonds. The third-order valence-corrected chi connectivity index (χ3v) is 16.8. The van der Waals surface area contributed by atoms with E-state index in [4.69, 9.17) is 0 Å². The van der Waals surface area contributed by atoms with E-state index in [1.807, 2.05) is 0 Å². The SMILES string of the molecule is C1=CCCC(N2C3CCC(C4C=CC5=C(C4)C4=CC=CCC4N5C4=CC=CC(C5=CCCC(C6CC(C7C=CC=CC7)NC(C7=CCCC=C7)N6)=C5)C4)C=C3C3CCC=CC32)=C1. The monoisotopic (exact) mass is 819 g/mol. The molecule has 11 atom stereocenters. The van der Waals surface area contributed by atoms with E-state index in [1.165, 1.54) is 67.5 Å². The van der Waals surface area contributed by atoms with Gasteiger partial charge in [-0.25, -0.2) is 0 Å². The molecular formula is C58H66N4. The van der Waals surface area contributed by atoms with Gasteiger partial charge in [0.05, 0.1) is 24.3 Å². The fraction of sp³-hybridized carbons (Fsp3) is 0.448. The molecule has 2 fully saturated rings. The first kappa shape index (κ1) is 39.0. The van der Waals surface area contributed by atoms with Gasteiger partial charge in [-0.05, 0) is 160 Å². The summed E-state index contributed by atoms with van der Waals surface area (Å²) in [6, 6.07) is 2.38. The summed E-state index contributed by atoms with van der Waals surface area (Å²) < 4.78 is 0. The molecule has 12 aliphatic rings. The van der Waals surface area contributed by atoms with Crippen LogP contribution in [0.5, 0.6) is 0 Å². The summed E-state index contributed by atoms with van der Waals surface area (Å²) in [4.78, 5) is 5.64. The molecule has 4 nitrogen and oxygen atoms in total. The number of nitrogens with one attached hydrogen (secondary N) is 2. The zero-order valence-electron chi connectivity index (χ0n) is 36.6. The molecule has 2 N–H and O–H groups in total. The van der Waals surface area contributed by atoms with Crippen LogP contribution in [-0.2, 0) is 0 Å². The summed E-state index contributed by atoms with van der Waals surface area (Å²) in [6.07, 6.45) is 74.1. The van der Waals surface area contributed by atoms with Crippen molar-refractivity contribution in [2.45, 2.75) is 133 Å². The number of fused-ring (bicyclic) bond motifs is 5. The van der Waals surface area contributed by atoms with E-state index in [9.17, 15) is 0 Å². The summed E-state index contributed by atoms with van der Waals surface area (Å²) in [5, 5.41) is 8.18. The van der Waals surface area contributed by atoms with E-state index in [0.29, 0.717) is 59.8 Å². The van der Waals surface area contributed by atoms with Crippen LogP contribution >= 0.6 is 0 Å². The molecule has 12 rings (SSSR count). The molecule has 0 spiro atoms. The van der Waals surface area contributed by atoms with Gasteiger partial charge in [0, 0.05) is 41.0 Å². The van der Waals surface area contributed by atoms with Gasteiger partial charge in [0.1, 0.15) is 0 Å². The molecule has 3 aliphatic heterocycles. The topological polar surface area (TPSA) is 30.5 Å². The first-order chi connectivity index (χ1) is 30.7. The van der Waals surface area contributed by atoms with Crippen molar-refractivity contribution in [1.82, 2.24) is 20.4 Å². The maximum atomic E-state index is 4.12. The second kappa shape index (κ2) is 16.8. The molecule has 9 aliphatic carbocycles. The van der Waals surface area contributed by atoms with Crippen LogP contribution in [0.25, 0.3) is 0 Å². The summed E-state index contributed by atoms with van der Waals surface area (Å²) in [5.74, 6) is 2.82. The van der Waals surface area contributed by atoms with Gasteiger partial charge in [-0.15, -0.1) is 0 Å². The van der Waals surface area contributed by atoms with E-state index in [2.05, 4.69) is 160 Å². The van der Waals surface area contributed by atoms with Crippen molar-refractivity contribution in [3.8, 4) is 0 Å². The number of hydrogen-bond acceptors (Lipinski definition) is 4. The van der Waals surface area contributed by atoms with Gasteiger partial charge in [0.2, 0.25) is 0 Å². The molecule has 11 unspecified atom stereocenters. The molecule has 62 heavy (non-hydrogen) atoms. The molecule has 0 aromatic heterocycles. The summed E-state index contributed by atoms with van der Waals surface area (Å²) in [7, 11) is 0. The van der Waals surface area contributed by atoms with Crippen molar-refractivity contribution < 1.29 is 0 Å². The Kier molecular flexibility index (Phi) is 10.6. The Morgan fingerprint density at radius 1 is 0.613 bits per heavy atom. The van der Waals surface area contributed by atoms with Gasteiger partial charge in [0.15, 0.2) is 0 Å². The van der Waals surface area contributed by atoms with E-state index >= 15 is 0 Å². The lowest BCUT2D eigenvalue weighted by atomic mass is 9.72. The molecule has 0 aromatic carbocycles. The molecule has 2 saturated heterocycles. The lowest BCUT2D eigenvalue weighted by Gasteiger charge is -2.43. The van der Waals surface area contributed by atoms with Crippen LogP contribution in [0.2, 0.25) is 0 Å². The van der Waals surface area contributed by atoms with Gasteiger partial charge in [-0.1, -0.05) is 127 Å². The third kappa shape index (κ3) is 7.14. The Balaban J connectivity index is 0.773. The predicted octanol–water partition coefficient (Wildman–Crippen LogP) is 12.1. The maximum absolute atomic E-state index is 4.12. The molecule has 4 heteroatoms. The highest BCUT2D eigenvalue weighted by Crippen LogP contribution is 2.53. The lowest BCUT2D eigenvalue weighted by Crippen LogP contribution is -2.61. The Bertz CT molecular complexity index is 2340. The number of nitrogens with zero attached hydrogens (tertiary/aromatic N) is 2. The van der Waals surface area contributed by atoms with Crippen molar-refractivity contribution in [2.75, 3.05) is 0 Å². The van der Waals surface area contributed by atoms with Crippen molar-refractivity contribution in [1.29, 1.82) is 0 Å². The minimum atomic E-state index is 0.199. The second-order valence-corrected chi connectivity index (χ2v) is 20.2. The fourth-order valence-corrected chi connectivity index (χ4v) is 13.7. The molecule has 3 heterocycles. The van der Waals surface area contributed by atoms with E-state index in [0.717, 1.165) is 51.4 Å². The fourth-order valence-electron chi connectivity index (χ4n) is 13.7. The molecule has 0 aromatic rings. The highest BCUT2D eigenvalue weighted by molar-refractivity contribution is 5.56. The third-order valence-electron chi connectivity index (χ3n) is 16.8. The average molecular weight is 819 g/mol. The molecule has 0 radical (unpaired) electrons. The van der Waals surface area contributed by atoms with Crippen molar-refractivity contribution in [3.05, 3.63) is 190 Å². The van der Waals surface area contributed by atoms with Gasteiger partial charge < -0.3 is 9.80 Å². The van der Waals surface area contributed by atoms with E-state index in [-0.39, 0.29) is 6.17 Å². The Hall–Kier alpha value is -4.64. The minimum Gasteiger partial charge on any atom is -0.361 e. The van der Waals surface area contributed by atoms with Crippen molar-refractivity contribution >= 4 is 0 Å². The Morgan fingerprint density at radius 2 is 1.55 bits per heavy atom. The summed E-state index contributed by atoms with van der Waals surface area (Å²) in [5.41, 5.74) is 14.1. The highest BCUT2D eigenvalue weighted by atomic mass is 15.2. The first-order valence-electron chi connectivity index (χ1n) is 24.8. The minimum absolute atomic E-state index is 0.199. The van der Waals surface area contributed by atoms with Gasteiger partial charge >= 0.3 is 0 Å². The zero-order chi connectivity index (χ0) is 41.0. The summed E-state index contributed by atoms with van der Waals surface area (Å²) in [6.45, 7) is 0. The second-order valence-electron chi connectivity index (χ2n) is 20.2. The zero-order valence-corrected chi connectivity index (χ0v) is 36.6. The van der Waals surface area contributed by atoms with Crippen LogP contribution in [0.3, 0.4) is 0 Å². The largest absolute Gasteiger partial charge is 0.361 e. The van der Waals surface area contributed by atoms with Crippen LogP contribution in [0.15, 0.2) is 190 Å². The van der Waals surface area contributed by atoms with Gasteiger partial charge in [0.25, 0.3) is 0 Å². The maximum Gasteiger partial charge on any atom is 0.0839 e. The average Bonchev–Trinajstić information content (AvgIpc) is 3.87. The predicted molar refractivity (Wildman–Crippen MR) is 256 cm³/mol. The van der Waals surface area contributed by atoms with E-state index in [1.54, 1.807) is 28.0 Å². The van der Waals surface area contributed by atoms with Gasteiger partial charge in [-0.2, -0.15) is 0 Å². The standard InChI is InChI=1S/C58H66N4/c1-4-16-39(17-5-1)52-38-53(60-58(59-52)40-18-6-2-7-19-40)45-22-14-20-41(34-45)42-21-15-25-47(35-42)62-55-29-13-11-27-49(55)51-37-44(31-33-57(51)62)43-30-32-56-50(36-43)48-26-10-12-28-54(48)61(56)46-23-8-3-9-24-46/h1,3-6,8,11-13,15-16,18-21,23,25,27-28,31,33-34,36,39,42-44,48,52-56,58-60H,2,7,9-10,14,17,22,24,26,29-30,32,35,37-38H2. The quantitative estimate of drug-likeness (QED) is 0.251. The lowest BCUT2D eigenvalue weighted by molar-refractivity contribution is 0.235. The highest BCUT2D eigenvalue weighted by Gasteiger charge is 2.48. The number of hydrogen-bond donors (Lipinski definition) is 2. The van der Waals surface area contributed by atoms with Crippen LogP contribution in [0, 0.1) is 29.6 Å². The van der Waals surface area contributed by atoms with Crippen LogP contribution in [0.4, 0.5) is 0 Å². The molecular weight excluding hydrogens is 753 g/mol. The van der Waals surface area contributed by atoms with Crippen LogP contribution < -0.4 is 10.6 Å². The Labute approximate surface area is 371 Å². The number of allylic oxidation sites excluding steroid dienone is 22.